The summed E-state index contributed by atoms with van der Waals surface area (Å²) < 4.78 is 11.1. The van der Waals surface area contributed by atoms with Crippen LogP contribution in [0.3, 0.4) is 0 Å². The second kappa shape index (κ2) is 5.73. The number of benzene rings is 2. The quantitative estimate of drug-likeness (QED) is 0.517. The standard InChI is InChI=1S/C16H10BrNO4/c1-9(19)21-12-6-7-14-13(8-12)16(20)22-15(18-14)10-2-4-11(17)5-3-10/h2-8H,1H3. The number of carbonyl (C=O) groups is 1. The van der Waals surface area contributed by atoms with Gasteiger partial charge in [-0.25, -0.2) is 9.78 Å². The van der Waals surface area contributed by atoms with Gasteiger partial charge in [-0.3, -0.25) is 4.79 Å². The molecule has 6 heteroatoms. The molecule has 0 atom stereocenters. The third-order valence-corrected chi connectivity index (χ3v) is 3.48. The van der Waals surface area contributed by atoms with Crippen LogP contribution in [0, 0.1) is 0 Å². The van der Waals surface area contributed by atoms with E-state index < -0.39 is 11.6 Å². The first kappa shape index (κ1) is 14.5. The third-order valence-electron chi connectivity index (χ3n) is 2.95. The Hall–Kier alpha value is -2.47. The molecule has 0 amide bonds. The number of esters is 1. The van der Waals surface area contributed by atoms with Crippen LogP contribution in [0.5, 0.6) is 5.75 Å². The summed E-state index contributed by atoms with van der Waals surface area (Å²) in [6, 6.07) is 11.9. The average Bonchev–Trinajstić information content (AvgIpc) is 2.48. The summed E-state index contributed by atoms with van der Waals surface area (Å²) >= 11 is 3.35. The zero-order valence-electron chi connectivity index (χ0n) is 11.5. The van der Waals surface area contributed by atoms with Gasteiger partial charge >= 0.3 is 11.6 Å². The molecule has 0 N–H and O–H groups in total. The van der Waals surface area contributed by atoms with Crippen molar-refractivity contribution < 1.29 is 13.9 Å². The zero-order valence-corrected chi connectivity index (χ0v) is 13.1. The van der Waals surface area contributed by atoms with Gasteiger partial charge in [0.25, 0.3) is 0 Å². The monoisotopic (exact) mass is 359 g/mol. The van der Waals surface area contributed by atoms with E-state index in [-0.39, 0.29) is 17.0 Å². The van der Waals surface area contributed by atoms with Gasteiger partial charge in [0.1, 0.15) is 5.75 Å². The van der Waals surface area contributed by atoms with E-state index in [1.54, 1.807) is 24.3 Å². The van der Waals surface area contributed by atoms with Crippen LogP contribution in [0.1, 0.15) is 6.92 Å². The van der Waals surface area contributed by atoms with Crippen molar-refractivity contribution in [1.82, 2.24) is 4.98 Å². The Morgan fingerprint density at radius 2 is 1.91 bits per heavy atom. The van der Waals surface area contributed by atoms with E-state index in [9.17, 15) is 9.59 Å². The van der Waals surface area contributed by atoms with Crippen molar-refractivity contribution >= 4 is 32.8 Å². The molecule has 0 aliphatic carbocycles. The van der Waals surface area contributed by atoms with Gasteiger partial charge in [-0.05, 0) is 42.5 Å². The Balaban J connectivity index is 2.11. The number of hydrogen-bond acceptors (Lipinski definition) is 5. The van der Waals surface area contributed by atoms with Gasteiger partial charge in [0.15, 0.2) is 0 Å². The van der Waals surface area contributed by atoms with Crippen LogP contribution in [0.25, 0.3) is 22.4 Å². The van der Waals surface area contributed by atoms with E-state index in [0.717, 1.165) is 4.47 Å². The highest BCUT2D eigenvalue weighted by Crippen LogP contribution is 2.23. The van der Waals surface area contributed by atoms with E-state index in [2.05, 4.69) is 20.9 Å². The molecule has 0 saturated heterocycles. The molecule has 0 bridgehead atoms. The third kappa shape index (κ3) is 2.92. The highest BCUT2D eigenvalue weighted by molar-refractivity contribution is 9.10. The first-order chi connectivity index (χ1) is 10.5. The second-order valence-corrected chi connectivity index (χ2v) is 5.50. The van der Waals surface area contributed by atoms with Crippen molar-refractivity contribution in [3.63, 3.8) is 0 Å². The lowest BCUT2D eigenvalue weighted by molar-refractivity contribution is -0.131. The summed E-state index contributed by atoms with van der Waals surface area (Å²) in [5.74, 6) is 0.0684. The lowest BCUT2D eigenvalue weighted by atomic mass is 10.2. The fourth-order valence-corrected chi connectivity index (χ4v) is 2.26. The van der Waals surface area contributed by atoms with Crippen LogP contribution in [-0.4, -0.2) is 11.0 Å². The van der Waals surface area contributed by atoms with Crippen LogP contribution in [-0.2, 0) is 4.79 Å². The molecule has 0 saturated carbocycles. The molecule has 0 unspecified atom stereocenters. The number of nitrogens with zero attached hydrogens (tertiary/aromatic N) is 1. The summed E-state index contributed by atoms with van der Waals surface area (Å²) in [6.07, 6.45) is 0. The van der Waals surface area contributed by atoms with Crippen molar-refractivity contribution in [2.45, 2.75) is 6.92 Å². The summed E-state index contributed by atoms with van der Waals surface area (Å²) in [5.41, 5.74) is 0.647. The topological polar surface area (TPSA) is 69.4 Å². The molecular formula is C16H10BrNO4. The second-order valence-electron chi connectivity index (χ2n) is 4.59. The lowest BCUT2D eigenvalue weighted by Gasteiger charge is -2.04. The number of halogens is 1. The predicted octanol–water partition coefficient (Wildman–Crippen LogP) is 3.54. The average molecular weight is 360 g/mol. The van der Waals surface area contributed by atoms with Gasteiger partial charge in [-0.1, -0.05) is 15.9 Å². The fraction of sp³-hybridized carbons (Fsp3) is 0.0625. The smallest absolute Gasteiger partial charge is 0.347 e. The van der Waals surface area contributed by atoms with Gasteiger partial charge in [0, 0.05) is 17.0 Å². The molecule has 1 aromatic heterocycles. The van der Waals surface area contributed by atoms with Crippen molar-refractivity contribution in [3.8, 4) is 17.2 Å². The summed E-state index contributed by atoms with van der Waals surface area (Å²) in [6.45, 7) is 1.29. The molecule has 0 aliphatic rings. The highest BCUT2D eigenvalue weighted by atomic mass is 79.9. The SMILES string of the molecule is CC(=O)Oc1ccc2nc(-c3ccc(Br)cc3)oc(=O)c2c1. The van der Waals surface area contributed by atoms with E-state index in [1.165, 1.54) is 13.0 Å². The van der Waals surface area contributed by atoms with Crippen molar-refractivity contribution in [1.29, 1.82) is 0 Å². The number of aromatic nitrogens is 1. The highest BCUT2D eigenvalue weighted by Gasteiger charge is 2.10. The number of ether oxygens (including phenoxy) is 1. The molecule has 22 heavy (non-hydrogen) atoms. The van der Waals surface area contributed by atoms with Gasteiger partial charge in [0.2, 0.25) is 5.89 Å². The van der Waals surface area contributed by atoms with Crippen molar-refractivity contribution in [2.75, 3.05) is 0 Å². The Bertz CT molecular complexity index is 916. The maximum absolute atomic E-state index is 12.1. The van der Waals surface area contributed by atoms with Crippen LogP contribution in [0.4, 0.5) is 0 Å². The molecule has 3 rings (SSSR count). The maximum Gasteiger partial charge on any atom is 0.347 e. The van der Waals surface area contributed by atoms with Gasteiger partial charge in [-0.2, -0.15) is 0 Å². The van der Waals surface area contributed by atoms with Crippen LogP contribution < -0.4 is 10.4 Å². The molecule has 2 aromatic carbocycles. The minimum Gasteiger partial charge on any atom is -0.427 e. The van der Waals surface area contributed by atoms with E-state index in [0.29, 0.717) is 11.1 Å². The molecule has 3 aromatic rings. The number of carbonyl (C=O) groups excluding carboxylic acids is 1. The lowest BCUT2D eigenvalue weighted by Crippen LogP contribution is -2.05. The minimum absolute atomic E-state index is 0.241. The predicted molar refractivity (Wildman–Crippen MR) is 84.7 cm³/mol. The molecule has 0 spiro atoms. The first-order valence-corrected chi connectivity index (χ1v) is 7.21. The molecule has 110 valence electrons. The van der Waals surface area contributed by atoms with E-state index >= 15 is 0 Å². The number of fused-ring (bicyclic) bond motifs is 1. The van der Waals surface area contributed by atoms with Gasteiger partial charge in [0.05, 0.1) is 10.9 Å². The first-order valence-electron chi connectivity index (χ1n) is 6.42. The van der Waals surface area contributed by atoms with Crippen LogP contribution >= 0.6 is 15.9 Å². The largest absolute Gasteiger partial charge is 0.427 e. The Morgan fingerprint density at radius 3 is 2.59 bits per heavy atom. The van der Waals surface area contributed by atoms with E-state index in [4.69, 9.17) is 9.15 Å². The Morgan fingerprint density at radius 1 is 1.18 bits per heavy atom. The maximum atomic E-state index is 12.1. The summed E-state index contributed by atoms with van der Waals surface area (Å²) in [5, 5.41) is 0.264. The van der Waals surface area contributed by atoms with Crippen LogP contribution in [0.2, 0.25) is 0 Å². The molecule has 5 nitrogen and oxygen atoms in total. The molecule has 0 aliphatic heterocycles. The van der Waals surface area contributed by atoms with E-state index in [1.807, 2.05) is 12.1 Å². The van der Waals surface area contributed by atoms with Crippen LogP contribution in [0.15, 0.2) is 56.1 Å². The molecule has 0 radical (unpaired) electrons. The fourth-order valence-electron chi connectivity index (χ4n) is 2.00. The summed E-state index contributed by atoms with van der Waals surface area (Å²) in [4.78, 5) is 27.4. The molecule has 0 fully saturated rings. The van der Waals surface area contributed by atoms with Gasteiger partial charge < -0.3 is 9.15 Å². The number of rotatable bonds is 2. The Labute approximate surface area is 133 Å². The normalized spacial score (nSPS) is 10.6. The Kier molecular flexibility index (Phi) is 3.77. The number of hydrogen-bond donors (Lipinski definition) is 0. The minimum atomic E-state index is -0.531. The summed E-state index contributed by atoms with van der Waals surface area (Å²) in [7, 11) is 0. The van der Waals surface area contributed by atoms with Crippen molar-refractivity contribution in [3.05, 3.63) is 57.4 Å². The molecular weight excluding hydrogens is 350 g/mol. The molecule has 1 heterocycles. The van der Waals surface area contributed by atoms with Gasteiger partial charge in [-0.15, -0.1) is 0 Å². The zero-order chi connectivity index (χ0) is 15.7. The van der Waals surface area contributed by atoms with Crippen molar-refractivity contribution in [2.24, 2.45) is 0 Å².